The number of aryl methyl sites for hydroxylation is 1. The highest BCUT2D eigenvalue weighted by Gasteiger charge is 1.95. The van der Waals surface area contributed by atoms with Crippen LogP contribution in [0.2, 0.25) is 0 Å². The van der Waals surface area contributed by atoms with E-state index in [1.165, 1.54) is 30.4 Å². The van der Waals surface area contributed by atoms with Crippen molar-refractivity contribution >= 4 is 6.08 Å². The topological polar surface area (TPSA) is 0 Å². The van der Waals surface area contributed by atoms with Gasteiger partial charge in [-0.1, -0.05) is 50.3 Å². The lowest BCUT2D eigenvalue weighted by atomic mass is 10.0. The number of hydrogen-bond acceptors (Lipinski definition) is 0. The second-order valence-corrected chi connectivity index (χ2v) is 3.01. The maximum atomic E-state index is 3.80. The molecule has 0 spiro atoms. The van der Waals surface area contributed by atoms with Gasteiger partial charge < -0.3 is 0 Å². The standard InChI is InChI=1S/C12H16.C2H4/c1-3-5-8-12-10-7-6-9-11(12)4-2;1-2/h4,6-7,9-10H,2-3,5,8H2,1H3;1-2H2. The quantitative estimate of drug-likeness (QED) is 0.611. The van der Waals surface area contributed by atoms with E-state index in [0.29, 0.717) is 0 Å². The minimum atomic E-state index is 1.18. The summed E-state index contributed by atoms with van der Waals surface area (Å²) in [5.74, 6) is 0. The minimum Gasteiger partial charge on any atom is -0.106 e. The zero-order valence-corrected chi connectivity index (χ0v) is 9.13. The maximum absolute atomic E-state index is 3.80. The summed E-state index contributed by atoms with van der Waals surface area (Å²) in [5, 5.41) is 0. The van der Waals surface area contributed by atoms with Crippen LogP contribution in [0.15, 0.2) is 44.0 Å². The SMILES string of the molecule is C=C.C=Cc1ccccc1CCCC. The fourth-order valence-corrected chi connectivity index (χ4v) is 1.33. The first-order chi connectivity index (χ1) is 6.88. The van der Waals surface area contributed by atoms with Crippen molar-refractivity contribution in [3.8, 4) is 0 Å². The molecule has 0 aliphatic heterocycles. The first kappa shape index (κ1) is 12.7. The average Bonchev–Trinajstić information content (AvgIpc) is 2.29. The van der Waals surface area contributed by atoms with Gasteiger partial charge in [-0.2, -0.15) is 0 Å². The molecule has 0 saturated carbocycles. The summed E-state index contributed by atoms with van der Waals surface area (Å²) in [6.45, 7) is 12.0. The van der Waals surface area contributed by atoms with Crippen LogP contribution in [0.1, 0.15) is 30.9 Å². The molecule has 0 heterocycles. The summed E-state index contributed by atoms with van der Waals surface area (Å²) in [4.78, 5) is 0. The fourth-order valence-electron chi connectivity index (χ4n) is 1.33. The lowest BCUT2D eigenvalue weighted by molar-refractivity contribution is 0.794. The minimum absolute atomic E-state index is 1.18. The van der Waals surface area contributed by atoms with Crippen LogP contribution in [0, 0.1) is 0 Å². The Bertz CT molecular complexity index is 260. The molecular weight excluding hydrogens is 168 g/mol. The molecule has 14 heavy (non-hydrogen) atoms. The zero-order chi connectivity index (χ0) is 10.8. The van der Waals surface area contributed by atoms with Gasteiger partial charge in [0, 0.05) is 0 Å². The Morgan fingerprint density at radius 3 is 2.43 bits per heavy atom. The van der Waals surface area contributed by atoms with E-state index in [9.17, 15) is 0 Å². The van der Waals surface area contributed by atoms with Crippen LogP contribution in [0.5, 0.6) is 0 Å². The second-order valence-electron chi connectivity index (χ2n) is 3.01. The Balaban J connectivity index is 0.000000791. The molecule has 0 aromatic heterocycles. The zero-order valence-electron chi connectivity index (χ0n) is 9.13. The molecule has 1 aromatic rings. The van der Waals surface area contributed by atoms with Gasteiger partial charge in [0.25, 0.3) is 0 Å². The van der Waals surface area contributed by atoms with Gasteiger partial charge in [0.2, 0.25) is 0 Å². The summed E-state index contributed by atoms with van der Waals surface area (Å²) < 4.78 is 0. The molecule has 76 valence electrons. The van der Waals surface area contributed by atoms with Gasteiger partial charge >= 0.3 is 0 Å². The Labute approximate surface area is 88.0 Å². The van der Waals surface area contributed by atoms with Gasteiger partial charge in [0.15, 0.2) is 0 Å². The fraction of sp³-hybridized carbons (Fsp3) is 0.286. The van der Waals surface area contributed by atoms with E-state index < -0.39 is 0 Å². The molecule has 0 saturated heterocycles. The number of hydrogen-bond donors (Lipinski definition) is 0. The van der Waals surface area contributed by atoms with Crippen molar-refractivity contribution in [3.63, 3.8) is 0 Å². The van der Waals surface area contributed by atoms with Crippen LogP contribution in [0.25, 0.3) is 6.08 Å². The molecule has 0 aliphatic rings. The monoisotopic (exact) mass is 188 g/mol. The molecule has 0 N–H and O–H groups in total. The van der Waals surface area contributed by atoms with Gasteiger partial charge in [-0.25, -0.2) is 0 Å². The predicted octanol–water partition coefficient (Wildman–Crippen LogP) is 4.47. The van der Waals surface area contributed by atoms with Gasteiger partial charge in [0.05, 0.1) is 0 Å². The first-order valence-corrected chi connectivity index (χ1v) is 5.08. The van der Waals surface area contributed by atoms with Crippen LogP contribution in [-0.4, -0.2) is 0 Å². The van der Waals surface area contributed by atoms with Crippen LogP contribution in [0.3, 0.4) is 0 Å². The molecule has 0 nitrogen and oxygen atoms in total. The van der Waals surface area contributed by atoms with E-state index >= 15 is 0 Å². The molecule has 0 aliphatic carbocycles. The Hall–Kier alpha value is -1.30. The average molecular weight is 188 g/mol. The van der Waals surface area contributed by atoms with Gasteiger partial charge in [-0.15, -0.1) is 13.2 Å². The molecule has 0 fully saturated rings. The van der Waals surface area contributed by atoms with Gasteiger partial charge in [-0.05, 0) is 24.0 Å². The van der Waals surface area contributed by atoms with Crippen molar-refractivity contribution in [1.82, 2.24) is 0 Å². The summed E-state index contributed by atoms with van der Waals surface area (Å²) in [6.07, 6.45) is 5.64. The Kier molecular flexibility index (Phi) is 7.53. The first-order valence-electron chi connectivity index (χ1n) is 5.08. The van der Waals surface area contributed by atoms with Crippen molar-refractivity contribution < 1.29 is 0 Å². The highest BCUT2D eigenvalue weighted by Crippen LogP contribution is 2.12. The predicted molar refractivity (Wildman–Crippen MR) is 66.4 cm³/mol. The smallest absolute Gasteiger partial charge is 0.0230 e. The number of rotatable bonds is 4. The number of unbranched alkanes of at least 4 members (excludes halogenated alkanes) is 1. The summed E-state index contributed by atoms with van der Waals surface area (Å²) in [7, 11) is 0. The van der Waals surface area contributed by atoms with E-state index in [2.05, 4.69) is 50.9 Å². The van der Waals surface area contributed by atoms with Crippen LogP contribution in [-0.2, 0) is 6.42 Å². The molecule has 1 aromatic carbocycles. The Morgan fingerprint density at radius 1 is 1.21 bits per heavy atom. The van der Waals surface area contributed by atoms with Crippen molar-refractivity contribution in [2.24, 2.45) is 0 Å². The lowest BCUT2D eigenvalue weighted by Gasteiger charge is -2.03. The van der Waals surface area contributed by atoms with Crippen LogP contribution >= 0.6 is 0 Å². The molecule has 0 amide bonds. The highest BCUT2D eigenvalue weighted by molar-refractivity contribution is 5.51. The van der Waals surface area contributed by atoms with Crippen molar-refractivity contribution in [2.45, 2.75) is 26.2 Å². The maximum Gasteiger partial charge on any atom is -0.0230 e. The molecule has 0 heteroatoms. The normalized spacial score (nSPS) is 8.64. The molecule has 0 atom stereocenters. The van der Waals surface area contributed by atoms with Crippen molar-refractivity contribution in [1.29, 1.82) is 0 Å². The van der Waals surface area contributed by atoms with E-state index in [-0.39, 0.29) is 0 Å². The van der Waals surface area contributed by atoms with Crippen LogP contribution < -0.4 is 0 Å². The van der Waals surface area contributed by atoms with E-state index in [0.717, 1.165) is 0 Å². The molecule has 0 bridgehead atoms. The largest absolute Gasteiger partial charge is 0.106 e. The summed E-state index contributed by atoms with van der Waals surface area (Å²) in [6, 6.07) is 8.47. The van der Waals surface area contributed by atoms with E-state index in [4.69, 9.17) is 0 Å². The third kappa shape index (κ3) is 4.08. The summed E-state index contributed by atoms with van der Waals surface area (Å²) >= 11 is 0. The third-order valence-electron chi connectivity index (χ3n) is 2.07. The van der Waals surface area contributed by atoms with Crippen LogP contribution in [0.4, 0.5) is 0 Å². The van der Waals surface area contributed by atoms with E-state index in [1.807, 2.05) is 6.08 Å². The summed E-state index contributed by atoms with van der Waals surface area (Å²) in [5.41, 5.74) is 2.71. The van der Waals surface area contributed by atoms with Gasteiger partial charge in [0.1, 0.15) is 0 Å². The third-order valence-corrected chi connectivity index (χ3v) is 2.07. The van der Waals surface area contributed by atoms with Crippen molar-refractivity contribution in [2.75, 3.05) is 0 Å². The molecule has 0 unspecified atom stereocenters. The Morgan fingerprint density at radius 2 is 1.86 bits per heavy atom. The van der Waals surface area contributed by atoms with Crippen molar-refractivity contribution in [3.05, 3.63) is 55.1 Å². The molecule has 0 radical (unpaired) electrons. The molecular formula is C14H20. The van der Waals surface area contributed by atoms with E-state index in [1.54, 1.807) is 0 Å². The molecule has 1 rings (SSSR count). The number of benzene rings is 1. The van der Waals surface area contributed by atoms with Gasteiger partial charge in [-0.3, -0.25) is 0 Å². The lowest BCUT2D eigenvalue weighted by Crippen LogP contribution is -1.87. The highest BCUT2D eigenvalue weighted by atomic mass is 14.0. The second kappa shape index (κ2) is 8.31.